The highest BCUT2D eigenvalue weighted by Gasteiger charge is 2.33. The van der Waals surface area contributed by atoms with Gasteiger partial charge in [0.15, 0.2) is 0 Å². The second-order valence-electron chi connectivity index (χ2n) is 3.72. The molecule has 0 bridgehead atoms. The number of rotatable bonds is 1. The minimum absolute atomic E-state index is 0.187. The molecular formula is C10H12N2O2. The van der Waals surface area contributed by atoms with E-state index >= 15 is 0 Å². The molecule has 0 fully saturated rings. The van der Waals surface area contributed by atoms with E-state index in [4.69, 9.17) is 4.74 Å². The van der Waals surface area contributed by atoms with Crippen molar-refractivity contribution in [3.05, 3.63) is 23.8 Å². The van der Waals surface area contributed by atoms with Crippen molar-refractivity contribution in [1.82, 2.24) is 9.97 Å². The summed E-state index contributed by atoms with van der Waals surface area (Å²) >= 11 is 0. The molecule has 0 radical (unpaired) electrons. The molecule has 0 aromatic carbocycles. The quantitative estimate of drug-likeness (QED) is 0.629. The van der Waals surface area contributed by atoms with Crippen LogP contribution in [0.5, 0.6) is 0 Å². The Balaban J connectivity index is 2.46. The van der Waals surface area contributed by atoms with Gasteiger partial charge in [-0.25, -0.2) is 0 Å². The fourth-order valence-electron chi connectivity index (χ4n) is 1.68. The molecule has 1 aromatic rings. The monoisotopic (exact) mass is 192 g/mol. The van der Waals surface area contributed by atoms with E-state index in [-0.39, 0.29) is 24.4 Å². The van der Waals surface area contributed by atoms with Crippen molar-refractivity contribution in [3.8, 4) is 0 Å². The molecule has 74 valence electrons. The Kier molecular flexibility index (Phi) is 2.19. The smallest absolute Gasteiger partial charge is 0.315 e. The number of esters is 1. The van der Waals surface area contributed by atoms with Crippen molar-refractivity contribution < 1.29 is 9.53 Å². The van der Waals surface area contributed by atoms with E-state index in [1.807, 2.05) is 13.8 Å². The van der Waals surface area contributed by atoms with Crippen LogP contribution in [0.4, 0.5) is 0 Å². The fraction of sp³-hybridized carbons (Fsp3) is 0.500. The van der Waals surface area contributed by atoms with Crippen molar-refractivity contribution in [2.45, 2.75) is 26.4 Å². The number of carbonyl (C=O) groups excluding carboxylic acids is 1. The molecule has 14 heavy (non-hydrogen) atoms. The third-order valence-corrected chi connectivity index (χ3v) is 2.37. The van der Waals surface area contributed by atoms with E-state index in [0.29, 0.717) is 0 Å². The average molecular weight is 192 g/mol. The van der Waals surface area contributed by atoms with E-state index in [2.05, 4.69) is 9.97 Å². The minimum Gasteiger partial charge on any atom is -0.459 e. The second-order valence-corrected chi connectivity index (χ2v) is 3.72. The zero-order valence-electron chi connectivity index (χ0n) is 8.23. The molecule has 1 atom stereocenters. The lowest BCUT2D eigenvalue weighted by Crippen LogP contribution is -2.28. The summed E-state index contributed by atoms with van der Waals surface area (Å²) in [7, 11) is 0. The predicted octanol–water partition coefficient (Wildman–Crippen LogP) is 1.27. The van der Waals surface area contributed by atoms with Gasteiger partial charge in [-0.15, -0.1) is 0 Å². The summed E-state index contributed by atoms with van der Waals surface area (Å²) in [5.74, 6) is -0.251. The lowest BCUT2D eigenvalue weighted by atomic mass is 9.90. The third kappa shape index (κ3) is 1.36. The molecule has 4 heteroatoms. The van der Waals surface area contributed by atoms with Crippen LogP contribution in [0, 0.1) is 5.92 Å². The molecule has 2 heterocycles. The van der Waals surface area contributed by atoms with E-state index in [1.165, 1.54) is 0 Å². The zero-order chi connectivity index (χ0) is 10.1. The van der Waals surface area contributed by atoms with E-state index in [9.17, 15) is 4.79 Å². The van der Waals surface area contributed by atoms with Gasteiger partial charge in [0.25, 0.3) is 0 Å². The van der Waals surface area contributed by atoms with Crippen LogP contribution in [0.1, 0.15) is 31.2 Å². The lowest BCUT2D eigenvalue weighted by molar-refractivity contribution is -0.150. The Morgan fingerprint density at radius 2 is 2.14 bits per heavy atom. The average Bonchev–Trinajstić information content (AvgIpc) is 2.17. The van der Waals surface area contributed by atoms with Gasteiger partial charge in [-0.05, 0) is 5.92 Å². The maximum atomic E-state index is 11.5. The van der Waals surface area contributed by atoms with Gasteiger partial charge in [0.05, 0.1) is 5.69 Å². The van der Waals surface area contributed by atoms with E-state index < -0.39 is 0 Å². The third-order valence-electron chi connectivity index (χ3n) is 2.37. The Morgan fingerprint density at radius 1 is 1.43 bits per heavy atom. The molecule has 0 aliphatic carbocycles. The molecule has 4 nitrogen and oxygen atoms in total. The van der Waals surface area contributed by atoms with Gasteiger partial charge in [0.2, 0.25) is 0 Å². The summed E-state index contributed by atoms with van der Waals surface area (Å²) in [6.45, 7) is 4.22. The topological polar surface area (TPSA) is 52.1 Å². The summed E-state index contributed by atoms with van der Waals surface area (Å²) < 4.78 is 5.04. The summed E-state index contributed by atoms with van der Waals surface area (Å²) in [6.07, 6.45) is 3.24. The first-order chi connectivity index (χ1) is 6.70. The number of hydrogen-bond donors (Lipinski definition) is 0. The predicted molar refractivity (Wildman–Crippen MR) is 49.4 cm³/mol. The molecule has 1 aliphatic rings. The first kappa shape index (κ1) is 9.12. The largest absolute Gasteiger partial charge is 0.459 e. The molecule has 0 N–H and O–H groups in total. The minimum atomic E-state index is -0.257. The number of nitrogens with zero attached hydrogens (tertiary/aromatic N) is 2. The van der Waals surface area contributed by atoms with Crippen LogP contribution in [0.2, 0.25) is 0 Å². The molecule has 1 aliphatic heterocycles. The molecule has 0 spiro atoms. The van der Waals surface area contributed by atoms with Gasteiger partial charge in [0, 0.05) is 12.4 Å². The van der Waals surface area contributed by atoms with Gasteiger partial charge in [-0.2, -0.15) is 0 Å². The summed E-state index contributed by atoms with van der Waals surface area (Å²) in [6, 6.07) is 0. The summed E-state index contributed by atoms with van der Waals surface area (Å²) in [4.78, 5) is 19.9. The highest BCUT2D eigenvalue weighted by molar-refractivity contribution is 5.79. The van der Waals surface area contributed by atoms with Crippen molar-refractivity contribution in [2.75, 3.05) is 0 Å². The van der Waals surface area contributed by atoms with Crippen LogP contribution in [0.3, 0.4) is 0 Å². The van der Waals surface area contributed by atoms with Crippen molar-refractivity contribution in [3.63, 3.8) is 0 Å². The number of carbonyl (C=O) groups is 1. The normalized spacial score (nSPS) is 20.5. The van der Waals surface area contributed by atoms with Crippen molar-refractivity contribution >= 4 is 5.97 Å². The molecule has 0 saturated heterocycles. The fourth-order valence-corrected chi connectivity index (χ4v) is 1.68. The summed E-state index contributed by atoms with van der Waals surface area (Å²) in [5, 5.41) is 0. The lowest BCUT2D eigenvalue weighted by Gasteiger charge is -2.24. The van der Waals surface area contributed by atoms with Gasteiger partial charge >= 0.3 is 5.97 Å². The van der Waals surface area contributed by atoms with Crippen LogP contribution in [-0.4, -0.2) is 15.9 Å². The standard InChI is InChI=1S/C10H12N2O2/c1-6(2)8-9-7(5-14-10(8)13)11-3-4-12-9/h3-4,6,8H,5H2,1-2H3. The maximum absolute atomic E-state index is 11.5. The number of fused-ring (bicyclic) bond motifs is 1. The first-order valence-electron chi connectivity index (χ1n) is 4.66. The molecule has 1 aromatic heterocycles. The maximum Gasteiger partial charge on any atom is 0.315 e. The number of hydrogen-bond acceptors (Lipinski definition) is 4. The van der Waals surface area contributed by atoms with Crippen LogP contribution < -0.4 is 0 Å². The van der Waals surface area contributed by atoms with Gasteiger partial charge in [0.1, 0.15) is 18.2 Å². The molecular weight excluding hydrogens is 180 g/mol. The highest BCUT2D eigenvalue weighted by Crippen LogP contribution is 2.30. The highest BCUT2D eigenvalue weighted by atomic mass is 16.5. The molecule has 2 rings (SSSR count). The second kappa shape index (κ2) is 3.36. The molecule has 1 unspecified atom stereocenters. The first-order valence-corrected chi connectivity index (χ1v) is 4.66. The SMILES string of the molecule is CC(C)C1C(=O)OCc2nccnc21. The number of ether oxygens (including phenoxy) is 1. The summed E-state index contributed by atoms with van der Waals surface area (Å²) in [5.41, 5.74) is 1.56. The van der Waals surface area contributed by atoms with Crippen molar-refractivity contribution in [1.29, 1.82) is 0 Å². The van der Waals surface area contributed by atoms with Crippen molar-refractivity contribution in [2.24, 2.45) is 5.92 Å². The molecule has 0 saturated carbocycles. The zero-order valence-corrected chi connectivity index (χ0v) is 8.23. The van der Waals surface area contributed by atoms with Gasteiger partial charge < -0.3 is 4.74 Å². The van der Waals surface area contributed by atoms with Gasteiger partial charge in [-0.3, -0.25) is 14.8 Å². The van der Waals surface area contributed by atoms with Crippen LogP contribution in [0.25, 0.3) is 0 Å². The van der Waals surface area contributed by atoms with Crippen LogP contribution >= 0.6 is 0 Å². The number of cyclic esters (lactones) is 1. The van der Waals surface area contributed by atoms with Crippen LogP contribution in [-0.2, 0) is 16.1 Å². The number of aromatic nitrogens is 2. The van der Waals surface area contributed by atoms with E-state index in [1.54, 1.807) is 12.4 Å². The van der Waals surface area contributed by atoms with Gasteiger partial charge in [-0.1, -0.05) is 13.8 Å². The Labute approximate surface area is 82.3 Å². The van der Waals surface area contributed by atoms with Crippen LogP contribution in [0.15, 0.2) is 12.4 Å². The molecule has 0 amide bonds. The van der Waals surface area contributed by atoms with E-state index in [0.717, 1.165) is 11.4 Å². The Morgan fingerprint density at radius 3 is 2.86 bits per heavy atom. The Hall–Kier alpha value is -1.45. The Bertz CT molecular complexity index is 363.